The molecule has 0 heterocycles. The molecular formula is C20H22F2N2O4. The van der Waals surface area contributed by atoms with Crippen molar-refractivity contribution < 1.29 is 28.5 Å². The molecule has 2 aromatic rings. The fraction of sp³-hybridized carbons (Fsp3) is 0.350. The molecule has 0 unspecified atom stereocenters. The molecule has 2 aromatic carbocycles. The molecule has 4 atom stereocenters. The van der Waals surface area contributed by atoms with Crippen molar-refractivity contribution in [2.24, 2.45) is 5.73 Å². The summed E-state index contributed by atoms with van der Waals surface area (Å²) in [6, 6.07) is 10.1. The second kappa shape index (κ2) is 8.64. The SMILES string of the molecule is NC(=O)O[C@@H](Cc1cc(F)cc(F)c1)[C@H](O)CN[C@@H]1c2ccccc2C[C@@H]1O. The molecule has 1 aliphatic carbocycles. The van der Waals surface area contributed by atoms with E-state index < -0.39 is 36.0 Å². The number of aliphatic hydroxyl groups is 2. The highest BCUT2D eigenvalue weighted by Gasteiger charge is 2.32. The Labute approximate surface area is 160 Å². The number of fused-ring (bicyclic) bond motifs is 1. The van der Waals surface area contributed by atoms with E-state index in [1.54, 1.807) is 0 Å². The summed E-state index contributed by atoms with van der Waals surface area (Å²) in [5.74, 6) is -1.54. The Morgan fingerprint density at radius 3 is 2.61 bits per heavy atom. The fourth-order valence-corrected chi connectivity index (χ4v) is 3.57. The van der Waals surface area contributed by atoms with E-state index in [-0.39, 0.29) is 24.6 Å². The number of nitrogens with two attached hydrogens (primary N) is 1. The number of primary amides is 1. The molecule has 5 N–H and O–H groups in total. The van der Waals surface area contributed by atoms with Crippen LogP contribution in [0.5, 0.6) is 0 Å². The van der Waals surface area contributed by atoms with E-state index in [0.29, 0.717) is 6.42 Å². The standard InChI is InChI=1S/C20H22F2N2O4/c21-13-5-11(6-14(22)9-13)7-18(28-20(23)27)17(26)10-24-19-15-4-2-1-3-12(15)8-16(19)25/h1-6,9,16-19,24-26H,7-8,10H2,(H2,23,27)/t16-,17+,18-,19+/m0/s1. The third-order valence-corrected chi connectivity index (χ3v) is 4.81. The van der Waals surface area contributed by atoms with Gasteiger partial charge in [-0.15, -0.1) is 0 Å². The molecule has 0 radical (unpaired) electrons. The number of hydrogen-bond donors (Lipinski definition) is 4. The van der Waals surface area contributed by atoms with Crippen LogP contribution in [0.4, 0.5) is 13.6 Å². The van der Waals surface area contributed by atoms with E-state index in [4.69, 9.17) is 10.5 Å². The topological polar surface area (TPSA) is 105 Å². The van der Waals surface area contributed by atoms with E-state index in [1.165, 1.54) is 0 Å². The Balaban J connectivity index is 1.68. The number of amides is 1. The van der Waals surface area contributed by atoms with E-state index in [1.807, 2.05) is 24.3 Å². The van der Waals surface area contributed by atoms with Crippen LogP contribution in [-0.4, -0.2) is 41.2 Å². The maximum atomic E-state index is 13.4. The molecule has 0 aliphatic heterocycles. The van der Waals surface area contributed by atoms with Crippen LogP contribution >= 0.6 is 0 Å². The van der Waals surface area contributed by atoms with Crippen molar-refractivity contribution >= 4 is 6.09 Å². The summed E-state index contributed by atoms with van der Waals surface area (Å²) >= 11 is 0. The molecule has 0 saturated carbocycles. The van der Waals surface area contributed by atoms with Crippen molar-refractivity contribution in [3.63, 3.8) is 0 Å². The molecule has 0 spiro atoms. The van der Waals surface area contributed by atoms with Crippen LogP contribution in [0.1, 0.15) is 22.7 Å². The van der Waals surface area contributed by atoms with Gasteiger partial charge in [0.1, 0.15) is 23.8 Å². The highest BCUT2D eigenvalue weighted by molar-refractivity contribution is 5.64. The van der Waals surface area contributed by atoms with Gasteiger partial charge in [0, 0.05) is 25.5 Å². The predicted molar refractivity (Wildman–Crippen MR) is 97.4 cm³/mol. The lowest BCUT2D eigenvalue weighted by atomic mass is 10.0. The number of benzene rings is 2. The number of carbonyl (C=O) groups excluding carboxylic acids is 1. The van der Waals surface area contributed by atoms with E-state index >= 15 is 0 Å². The van der Waals surface area contributed by atoms with Gasteiger partial charge in [-0.2, -0.15) is 0 Å². The maximum absolute atomic E-state index is 13.4. The van der Waals surface area contributed by atoms with Crippen LogP contribution in [0.3, 0.4) is 0 Å². The summed E-state index contributed by atoms with van der Waals surface area (Å²) in [5, 5.41) is 23.8. The first kappa shape index (κ1) is 20.2. The number of nitrogens with one attached hydrogen (secondary N) is 1. The molecule has 3 rings (SSSR count). The average molecular weight is 392 g/mol. The zero-order chi connectivity index (χ0) is 20.3. The highest BCUT2D eigenvalue weighted by Crippen LogP contribution is 2.31. The predicted octanol–water partition coefficient (Wildman–Crippen LogP) is 1.58. The van der Waals surface area contributed by atoms with Crippen LogP contribution < -0.4 is 11.1 Å². The number of aliphatic hydroxyl groups excluding tert-OH is 2. The van der Waals surface area contributed by atoms with Gasteiger partial charge in [-0.05, 0) is 28.8 Å². The Morgan fingerprint density at radius 2 is 1.93 bits per heavy atom. The van der Waals surface area contributed by atoms with Crippen molar-refractivity contribution in [1.82, 2.24) is 5.32 Å². The Hall–Kier alpha value is -2.55. The van der Waals surface area contributed by atoms with Crippen molar-refractivity contribution in [3.05, 3.63) is 70.8 Å². The van der Waals surface area contributed by atoms with Gasteiger partial charge in [0.25, 0.3) is 0 Å². The van der Waals surface area contributed by atoms with Crippen LogP contribution in [0.15, 0.2) is 42.5 Å². The van der Waals surface area contributed by atoms with Crippen molar-refractivity contribution in [2.75, 3.05) is 6.54 Å². The lowest BCUT2D eigenvalue weighted by molar-refractivity contribution is 0.00352. The zero-order valence-electron chi connectivity index (χ0n) is 15.0. The fourth-order valence-electron chi connectivity index (χ4n) is 3.57. The number of rotatable bonds is 7. The monoisotopic (exact) mass is 392 g/mol. The Kier molecular flexibility index (Phi) is 6.23. The van der Waals surface area contributed by atoms with E-state index in [0.717, 1.165) is 29.3 Å². The van der Waals surface area contributed by atoms with Gasteiger partial charge >= 0.3 is 6.09 Å². The van der Waals surface area contributed by atoms with Gasteiger partial charge in [-0.3, -0.25) is 0 Å². The molecule has 0 aromatic heterocycles. The van der Waals surface area contributed by atoms with Crippen LogP contribution in [0, 0.1) is 11.6 Å². The third kappa shape index (κ3) is 4.83. The first-order valence-electron chi connectivity index (χ1n) is 8.92. The summed E-state index contributed by atoms with van der Waals surface area (Å²) in [4.78, 5) is 11.2. The smallest absolute Gasteiger partial charge is 0.404 e. The number of carbonyl (C=O) groups is 1. The second-order valence-electron chi connectivity index (χ2n) is 6.88. The lowest BCUT2D eigenvalue weighted by Gasteiger charge is -2.25. The third-order valence-electron chi connectivity index (χ3n) is 4.81. The van der Waals surface area contributed by atoms with E-state index in [2.05, 4.69) is 5.32 Å². The largest absolute Gasteiger partial charge is 0.443 e. The first-order valence-corrected chi connectivity index (χ1v) is 8.92. The van der Waals surface area contributed by atoms with Gasteiger partial charge in [0.05, 0.1) is 12.1 Å². The van der Waals surface area contributed by atoms with Crippen LogP contribution in [0.25, 0.3) is 0 Å². The summed E-state index contributed by atoms with van der Waals surface area (Å²) in [5.41, 5.74) is 7.23. The normalized spacial score (nSPS) is 20.4. The molecular weight excluding hydrogens is 370 g/mol. The maximum Gasteiger partial charge on any atom is 0.404 e. The number of halogens is 2. The summed E-state index contributed by atoms with van der Waals surface area (Å²) in [7, 11) is 0. The molecule has 1 amide bonds. The molecule has 6 nitrogen and oxygen atoms in total. The zero-order valence-corrected chi connectivity index (χ0v) is 15.0. The van der Waals surface area contributed by atoms with Crippen molar-refractivity contribution in [1.29, 1.82) is 0 Å². The summed E-state index contributed by atoms with van der Waals surface area (Å²) in [6.45, 7) is -0.0220. The molecule has 150 valence electrons. The Bertz CT molecular complexity index is 828. The number of hydrogen-bond acceptors (Lipinski definition) is 5. The molecule has 0 fully saturated rings. The van der Waals surface area contributed by atoms with Gasteiger partial charge in [-0.1, -0.05) is 24.3 Å². The Morgan fingerprint density at radius 1 is 1.25 bits per heavy atom. The van der Waals surface area contributed by atoms with Crippen molar-refractivity contribution in [2.45, 2.75) is 37.2 Å². The molecule has 1 aliphatic rings. The lowest BCUT2D eigenvalue weighted by Crippen LogP contribution is -2.43. The van der Waals surface area contributed by atoms with Crippen LogP contribution in [-0.2, 0) is 17.6 Å². The molecule has 8 heteroatoms. The van der Waals surface area contributed by atoms with Gasteiger partial charge < -0.3 is 26.0 Å². The van der Waals surface area contributed by atoms with Gasteiger partial charge in [-0.25, -0.2) is 13.6 Å². The summed E-state index contributed by atoms with van der Waals surface area (Å²) in [6.07, 6.45) is -3.71. The molecule has 0 saturated heterocycles. The minimum Gasteiger partial charge on any atom is -0.443 e. The number of ether oxygens (including phenoxy) is 1. The first-order chi connectivity index (χ1) is 13.3. The molecule has 0 bridgehead atoms. The van der Waals surface area contributed by atoms with Gasteiger partial charge in [0.2, 0.25) is 0 Å². The second-order valence-corrected chi connectivity index (χ2v) is 6.88. The van der Waals surface area contributed by atoms with E-state index in [9.17, 15) is 23.8 Å². The molecule has 28 heavy (non-hydrogen) atoms. The van der Waals surface area contributed by atoms with Crippen molar-refractivity contribution in [3.8, 4) is 0 Å². The average Bonchev–Trinajstić information content (AvgIpc) is 2.93. The minimum atomic E-state index is -1.21. The highest BCUT2D eigenvalue weighted by atomic mass is 19.1. The quantitative estimate of drug-likeness (QED) is 0.573. The van der Waals surface area contributed by atoms with Crippen LogP contribution in [0.2, 0.25) is 0 Å². The van der Waals surface area contributed by atoms with Gasteiger partial charge in [0.15, 0.2) is 0 Å². The summed E-state index contributed by atoms with van der Waals surface area (Å²) < 4.78 is 31.8. The minimum absolute atomic E-state index is 0.0220.